The third kappa shape index (κ3) is 1.25. The summed E-state index contributed by atoms with van der Waals surface area (Å²) in [7, 11) is 0. The molecule has 0 radical (unpaired) electrons. The van der Waals surface area contributed by atoms with Crippen molar-refractivity contribution in [3.63, 3.8) is 0 Å². The molecule has 0 fully saturated rings. The summed E-state index contributed by atoms with van der Waals surface area (Å²) < 4.78 is 1.24. The van der Waals surface area contributed by atoms with E-state index in [0.29, 0.717) is 5.69 Å². The number of nitriles is 1. The number of carboxylic acid groups (broad SMARTS) is 1. The van der Waals surface area contributed by atoms with Crippen molar-refractivity contribution in [3.05, 3.63) is 11.4 Å². The standard InChI is InChI=1S/C6H6N4O2/c1-4-5(6(11)12)8-9-10(4)3-2-7/h3H2,1H3,(H,11,12). The highest BCUT2D eigenvalue weighted by Gasteiger charge is 2.14. The second-order valence-corrected chi connectivity index (χ2v) is 2.14. The van der Waals surface area contributed by atoms with Gasteiger partial charge in [-0.05, 0) is 6.92 Å². The number of aromatic nitrogens is 3. The SMILES string of the molecule is Cc1c(C(=O)O)nnn1CC#N. The minimum absolute atomic E-state index is 0.0200. The van der Waals surface area contributed by atoms with Crippen molar-refractivity contribution in [2.24, 2.45) is 0 Å². The summed E-state index contributed by atoms with van der Waals surface area (Å²) in [6.07, 6.45) is 0. The number of carbonyl (C=O) groups is 1. The molecule has 6 nitrogen and oxygen atoms in total. The van der Waals surface area contributed by atoms with E-state index in [4.69, 9.17) is 10.4 Å². The van der Waals surface area contributed by atoms with Crippen molar-refractivity contribution < 1.29 is 9.90 Å². The third-order valence-electron chi connectivity index (χ3n) is 1.41. The fourth-order valence-corrected chi connectivity index (χ4v) is 0.775. The van der Waals surface area contributed by atoms with Crippen LogP contribution in [-0.2, 0) is 6.54 Å². The van der Waals surface area contributed by atoms with Gasteiger partial charge in [-0.3, -0.25) is 0 Å². The van der Waals surface area contributed by atoms with E-state index in [0.717, 1.165) is 0 Å². The highest BCUT2D eigenvalue weighted by atomic mass is 16.4. The second kappa shape index (κ2) is 3.00. The van der Waals surface area contributed by atoms with Crippen molar-refractivity contribution in [2.75, 3.05) is 0 Å². The predicted molar refractivity (Wildman–Crippen MR) is 37.3 cm³/mol. The largest absolute Gasteiger partial charge is 0.476 e. The molecular formula is C6H6N4O2. The topological polar surface area (TPSA) is 91.8 Å². The van der Waals surface area contributed by atoms with Gasteiger partial charge in [0.2, 0.25) is 0 Å². The van der Waals surface area contributed by atoms with Crippen LogP contribution in [0.15, 0.2) is 0 Å². The Morgan fingerprint density at radius 1 is 1.83 bits per heavy atom. The van der Waals surface area contributed by atoms with Crippen LogP contribution in [0.3, 0.4) is 0 Å². The summed E-state index contributed by atoms with van der Waals surface area (Å²) in [4.78, 5) is 10.4. The molecule has 62 valence electrons. The van der Waals surface area contributed by atoms with Gasteiger partial charge in [0.25, 0.3) is 0 Å². The van der Waals surface area contributed by atoms with Gasteiger partial charge in [0.05, 0.1) is 11.8 Å². The molecule has 0 spiro atoms. The Hall–Kier alpha value is -1.90. The molecule has 1 heterocycles. The zero-order valence-corrected chi connectivity index (χ0v) is 6.35. The van der Waals surface area contributed by atoms with Crippen LogP contribution in [0.4, 0.5) is 0 Å². The highest BCUT2D eigenvalue weighted by Crippen LogP contribution is 2.02. The molecule has 1 rings (SSSR count). The average Bonchev–Trinajstić information content (AvgIpc) is 2.34. The van der Waals surface area contributed by atoms with Crippen LogP contribution in [0.5, 0.6) is 0 Å². The maximum absolute atomic E-state index is 10.4. The van der Waals surface area contributed by atoms with Crippen molar-refractivity contribution >= 4 is 5.97 Å². The maximum atomic E-state index is 10.4. The van der Waals surface area contributed by atoms with Gasteiger partial charge >= 0.3 is 5.97 Å². The molecule has 0 aromatic carbocycles. The summed E-state index contributed by atoms with van der Waals surface area (Å²) in [5.74, 6) is -1.13. The molecule has 1 aromatic heterocycles. The van der Waals surface area contributed by atoms with Gasteiger partial charge in [0.15, 0.2) is 5.69 Å². The molecule has 1 aromatic rings. The highest BCUT2D eigenvalue weighted by molar-refractivity contribution is 5.86. The van der Waals surface area contributed by atoms with E-state index in [9.17, 15) is 4.79 Å². The Balaban J connectivity index is 3.06. The normalized spacial score (nSPS) is 9.33. The van der Waals surface area contributed by atoms with Gasteiger partial charge in [-0.25, -0.2) is 9.48 Å². The van der Waals surface area contributed by atoms with Gasteiger partial charge in [-0.15, -0.1) is 5.10 Å². The van der Waals surface area contributed by atoms with Crippen LogP contribution in [0.2, 0.25) is 0 Å². The van der Waals surface area contributed by atoms with E-state index in [1.165, 1.54) is 4.68 Å². The summed E-state index contributed by atoms with van der Waals surface area (Å²) in [6.45, 7) is 1.58. The first-order valence-corrected chi connectivity index (χ1v) is 3.17. The number of carboxylic acids is 1. The summed E-state index contributed by atoms with van der Waals surface area (Å²) >= 11 is 0. The minimum Gasteiger partial charge on any atom is -0.476 e. The van der Waals surface area contributed by atoms with E-state index >= 15 is 0 Å². The average molecular weight is 166 g/mol. The van der Waals surface area contributed by atoms with Crippen LogP contribution < -0.4 is 0 Å². The Labute approximate surface area is 68.0 Å². The Kier molecular flexibility index (Phi) is 2.05. The van der Waals surface area contributed by atoms with Crippen molar-refractivity contribution in [2.45, 2.75) is 13.5 Å². The van der Waals surface area contributed by atoms with Gasteiger partial charge in [-0.1, -0.05) is 5.21 Å². The molecule has 0 bridgehead atoms. The predicted octanol–water partition coefficient (Wildman–Crippen LogP) is -0.192. The Morgan fingerprint density at radius 3 is 2.92 bits per heavy atom. The van der Waals surface area contributed by atoms with Crippen LogP contribution in [-0.4, -0.2) is 26.1 Å². The monoisotopic (exact) mass is 166 g/mol. The van der Waals surface area contributed by atoms with E-state index in [1.54, 1.807) is 6.92 Å². The molecule has 0 atom stereocenters. The molecule has 0 aliphatic rings. The maximum Gasteiger partial charge on any atom is 0.358 e. The summed E-state index contributed by atoms with van der Waals surface area (Å²) in [5.41, 5.74) is 0.286. The summed E-state index contributed by atoms with van der Waals surface area (Å²) in [5, 5.41) is 23.7. The number of rotatable bonds is 2. The second-order valence-electron chi connectivity index (χ2n) is 2.14. The molecule has 0 aliphatic heterocycles. The van der Waals surface area contributed by atoms with Crippen molar-refractivity contribution in [1.82, 2.24) is 15.0 Å². The molecule has 0 amide bonds. The zero-order chi connectivity index (χ0) is 9.14. The minimum atomic E-state index is -1.13. The first kappa shape index (κ1) is 8.20. The van der Waals surface area contributed by atoms with Crippen LogP contribution >= 0.6 is 0 Å². The van der Waals surface area contributed by atoms with Gasteiger partial charge < -0.3 is 5.11 Å². The molecule has 0 saturated heterocycles. The molecule has 6 heteroatoms. The number of hydrogen-bond donors (Lipinski definition) is 1. The quantitative estimate of drug-likeness (QED) is 0.657. The Bertz CT molecular complexity index is 349. The van der Waals surface area contributed by atoms with Gasteiger partial charge in [0.1, 0.15) is 6.54 Å². The van der Waals surface area contributed by atoms with Crippen LogP contribution in [0.25, 0.3) is 0 Å². The van der Waals surface area contributed by atoms with Gasteiger partial charge in [-0.2, -0.15) is 5.26 Å². The van der Waals surface area contributed by atoms with E-state index in [2.05, 4.69) is 10.3 Å². The Morgan fingerprint density at radius 2 is 2.50 bits per heavy atom. The third-order valence-corrected chi connectivity index (χ3v) is 1.41. The lowest BCUT2D eigenvalue weighted by molar-refractivity contribution is 0.0689. The first-order valence-electron chi connectivity index (χ1n) is 3.17. The summed E-state index contributed by atoms with van der Waals surface area (Å²) in [6, 6.07) is 1.84. The molecular weight excluding hydrogens is 160 g/mol. The zero-order valence-electron chi connectivity index (χ0n) is 6.35. The molecule has 0 unspecified atom stereocenters. The smallest absolute Gasteiger partial charge is 0.358 e. The molecule has 1 N–H and O–H groups in total. The molecule has 0 aliphatic carbocycles. The van der Waals surface area contributed by atoms with Crippen LogP contribution in [0.1, 0.15) is 16.2 Å². The van der Waals surface area contributed by atoms with E-state index < -0.39 is 5.97 Å². The molecule has 12 heavy (non-hydrogen) atoms. The fourth-order valence-electron chi connectivity index (χ4n) is 0.775. The lowest BCUT2D eigenvalue weighted by Gasteiger charge is -1.93. The number of hydrogen-bond acceptors (Lipinski definition) is 4. The molecule has 0 saturated carbocycles. The lowest BCUT2D eigenvalue weighted by Crippen LogP contribution is -2.03. The van der Waals surface area contributed by atoms with Crippen LogP contribution in [0, 0.1) is 18.3 Å². The fraction of sp³-hybridized carbons (Fsp3) is 0.333. The lowest BCUT2D eigenvalue weighted by atomic mass is 10.3. The first-order chi connectivity index (χ1) is 5.66. The van der Waals surface area contributed by atoms with E-state index in [-0.39, 0.29) is 12.2 Å². The number of aromatic carboxylic acids is 1. The van der Waals surface area contributed by atoms with Gasteiger partial charge in [0, 0.05) is 0 Å². The van der Waals surface area contributed by atoms with Crippen molar-refractivity contribution in [3.8, 4) is 6.07 Å². The van der Waals surface area contributed by atoms with Crippen molar-refractivity contribution in [1.29, 1.82) is 5.26 Å². The number of nitrogens with zero attached hydrogens (tertiary/aromatic N) is 4. The van der Waals surface area contributed by atoms with E-state index in [1.807, 2.05) is 6.07 Å².